The van der Waals surface area contributed by atoms with Crippen LogP contribution in [0.5, 0.6) is 0 Å². The maximum Gasteiger partial charge on any atom is 0.0589 e. The minimum absolute atomic E-state index is 0.279. The van der Waals surface area contributed by atoms with Crippen molar-refractivity contribution in [2.75, 3.05) is 46.5 Å². The summed E-state index contributed by atoms with van der Waals surface area (Å²) in [6.45, 7) is 4.55. The van der Waals surface area contributed by atoms with E-state index in [-0.39, 0.29) is 6.61 Å². The number of nitrogens with zero attached hydrogens (tertiary/aromatic N) is 1. The highest BCUT2D eigenvalue weighted by Crippen LogP contribution is 1.94. The maximum atomic E-state index is 8.62. The fourth-order valence-electron chi connectivity index (χ4n) is 1.19. The zero-order valence-corrected chi connectivity index (χ0v) is 8.54. The molecule has 0 radical (unpaired) electrons. The molecule has 0 aromatic heterocycles. The Morgan fingerprint density at radius 2 is 2.00 bits per heavy atom. The molecule has 0 aliphatic rings. The predicted molar refractivity (Wildman–Crippen MR) is 53.7 cm³/mol. The van der Waals surface area contributed by atoms with Gasteiger partial charge in [-0.15, -0.1) is 0 Å². The second kappa shape index (κ2) is 9.92. The number of hydrogen-bond acceptors (Lipinski definition) is 4. The molecule has 80 valence electrons. The predicted octanol–water partition coefficient (Wildman–Crippen LogP) is -0.334. The molecule has 0 aromatic rings. The van der Waals surface area contributed by atoms with Crippen LogP contribution in [0.25, 0.3) is 0 Å². The Balaban J connectivity index is 3.41. The summed E-state index contributed by atoms with van der Waals surface area (Å²) in [4.78, 5) is 2.26. The summed E-state index contributed by atoms with van der Waals surface area (Å²) in [7, 11) is 1.70. The van der Waals surface area contributed by atoms with E-state index in [9.17, 15) is 0 Å². The molecule has 0 amide bonds. The third kappa shape index (κ3) is 8.18. The van der Waals surface area contributed by atoms with Crippen LogP contribution in [0.2, 0.25) is 0 Å². The lowest BCUT2D eigenvalue weighted by molar-refractivity contribution is 0.146. The number of unbranched alkanes of at least 4 members (excludes halogenated alkanes) is 1. The second-order valence-corrected chi connectivity index (χ2v) is 3.05. The van der Waals surface area contributed by atoms with Crippen molar-refractivity contribution >= 4 is 0 Å². The lowest BCUT2D eigenvalue weighted by Crippen LogP contribution is -2.33. The van der Waals surface area contributed by atoms with E-state index >= 15 is 0 Å². The SMILES string of the molecule is COCCN(CCN)CCCCO. The third-order valence-electron chi connectivity index (χ3n) is 1.94. The monoisotopic (exact) mass is 190 g/mol. The molecule has 0 spiro atoms. The molecule has 0 aliphatic carbocycles. The van der Waals surface area contributed by atoms with Gasteiger partial charge in [0.2, 0.25) is 0 Å². The molecular weight excluding hydrogens is 168 g/mol. The van der Waals surface area contributed by atoms with Gasteiger partial charge in [0.25, 0.3) is 0 Å². The van der Waals surface area contributed by atoms with Gasteiger partial charge in [-0.05, 0) is 19.4 Å². The van der Waals surface area contributed by atoms with E-state index in [4.69, 9.17) is 15.6 Å². The van der Waals surface area contributed by atoms with E-state index in [2.05, 4.69) is 4.90 Å². The summed E-state index contributed by atoms with van der Waals surface area (Å²) < 4.78 is 4.99. The highest BCUT2D eigenvalue weighted by Gasteiger charge is 2.02. The van der Waals surface area contributed by atoms with Crippen LogP contribution < -0.4 is 5.73 Å². The third-order valence-corrected chi connectivity index (χ3v) is 1.94. The van der Waals surface area contributed by atoms with E-state index in [0.29, 0.717) is 6.54 Å². The minimum Gasteiger partial charge on any atom is -0.396 e. The molecule has 4 heteroatoms. The number of rotatable bonds is 9. The van der Waals surface area contributed by atoms with Crippen LogP contribution in [0.1, 0.15) is 12.8 Å². The zero-order valence-electron chi connectivity index (χ0n) is 8.54. The molecule has 0 aliphatic heterocycles. The van der Waals surface area contributed by atoms with Crippen LogP contribution >= 0.6 is 0 Å². The van der Waals surface area contributed by atoms with Gasteiger partial charge in [0.05, 0.1) is 6.61 Å². The Hall–Kier alpha value is -0.160. The van der Waals surface area contributed by atoms with Crippen LogP contribution in [0.4, 0.5) is 0 Å². The van der Waals surface area contributed by atoms with Gasteiger partial charge in [0.15, 0.2) is 0 Å². The first-order valence-electron chi connectivity index (χ1n) is 4.87. The molecule has 0 aromatic carbocycles. The molecule has 0 saturated carbocycles. The average molecular weight is 190 g/mol. The van der Waals surface area contributed by atoms with Gasteiger partial charge in [-0.3, -0.25) is 4.90 Å². The van der Waals surface area contributed by atoms with E-state index in [1.165, 1.54) is 0 Å². The van der Waals surface area contributed by atoms with Gasteiger partial charge in [-0.2, -0.15) is 0 Å². The van der Waals surface area contributed by atoms with E-state index in [1.54, 1.807) is 7.11 Å². The van der Waals surface area contributed by atoms with Crippen molar-refractivity contribution in [3.05, 3.63) is 0 Å². The van der Waals surface area contributed by atoms with Crippen molar-refractivity contribution in [3.63, 3.8) is 0 Å². The van der Waals surface area contributed by atoms with Crippen molar-refractivity contribution in [3.8, 4) is 0 Å². The smallest absolute Gasteiger partial charge is 0.0589 e. The van der Waals surface area contributed by atoms with Crippen LogP contribution in [-0.4, -0.2) is 56.5 Å². The summed E-state index contributed by atoms with van der Waals surface area (Å²) in [5.41, 5.74) is 5.47. The van der Waals surface area contributed by atoms with Crippen molar-refractivity contribution < 1.29 is 9.84 Å². The summed E-state index contributed by atoms with van der Waals surface area (Å²) in [5, 5.41) is 8.62. The standard InChI is InChI=1S/C9H22N2O2/c1-13-9-7-11(6-4-10)5-2-3-8-12/h12H,2-10H2,1H3. The Morgan fingerprint density at radius 1 is 1.23 bits per heavy atom. The maximum absolute atomic E-state index is 8.62. The number of hydrogen-bond donors (Lipinski definition) is 2. The first-order valence-corrected chi connectivity index (χ1v) is 4.87. The second-order valence-electron chi connectivity index (χ2n) is 3.05. The van der Waals surface area contributed by atoms with Crippen molar-refractivity contribution in [2.45, 2.75) is 12.8 Å². The van der Waals surface area contributed by atoms with Gasteiger partial charge in [0.1, 0.15) is 0 Å². The molecule has 0 unspecified atom stereocenters. The van der Waals surface area contributed by atoms with Crippen molar-refractivity contribution in [1.29, 1.82) is 0 Å². The Bertz CT molecular complexity index is 102. The molecular formula is C9H22N2O2. The summed E-state index contributed by atoms with van der Waals surface area (Å²) in [6.07, 6.45) is 1.90. The van der Waals surface area contributed by atoms with E-state index < -0.39 is 0 Å². The highest BCUT2D eigenvalue weighted by molar-refractivity contribution is 4.57. The quantitative estimate of drug-likeness (QED) is 0.489. The molecule has 0 rings (SSSR count). The molecule has 0 bridgehead atoms. The fourth-order valence-corrected chi connectivity index (χ4v) is 1.19. The molecule has 0 atom stereocenters. The number of aliphatic hydroxyl groups is 1. The fraction of sp³-hybridized carbons (Fsp3) is 1.00. The van der Waals surface area contributed by atoms with Gasteiger partial charge in [-0.25, -0.2) is 0 Å². The number of nitrogens with two attached hydrogens (primary N) is 1. The largest absolute Gasteiger partial charge is 0.396 e. The number of methoxy groups -OCH3 is 1. The zero-order chi connectivity index (χ0) is 9.94. The lowest BCUT2D eigenvalue weighted by atomic mass is 10.3. The first kappa shape index (κ1) is 12.8. The van der Waals surface area contributed by atoms with Crippen LogP contribution in [0.15, 0.2) is 0 Å². The van der Waals surface area contributed by atoms with Gasteiger partial charge < -0.3 is 15.6 Å². The minimum atomic E-state index is 0.279. The number of aliphatic hydroxyl groups excluding tert-OH is 1. The normalized spacial score (nSPS) is 11.1. The van der Waals surface area contributed by atoms with Gasteiger partial charge >= 0.3 is 0 Å². The molecule has 0 saturated heterocycles. The van der Waals surface area contributed by atoms with Crippen LogP contribution in [-0.2, 0) is 4.74 Å². The Labute approximate surface area is 80.7 Å². The van der Waals surface area contributed by atoms with Crippen molar-refractivity contribution in [2.24, 2.45) is 5.73 Å². The average Bonchev–Trinajstić information content (AvgIpc) is 2.14. The highest BCUT2D eigenvalue weighted by atomic mass is 16.5. The number of ether oxygens (including phenoxy) is 1. The van der Waals surface area contributed by atoms with Gasteiger partial charge in [0, 0.05) is 33.4 Å². The Morgan fingerprint density at radius 3 is 2.54 bits per heavy atom. The van der Waals surface area contributed by atoms with E-state index in [0.717, 1.165) is 39.1 Å². The summed E-state index contributed by atoms with van der Waals surface area (Å²) >= 11 is 0. The summed E-state index contributed by atoms with van der Waals surface area (Å²) in [6, 6.07) is 0. The van der Waals surface area contributed by atoms with Crippen LogP contribution in [0, 0.1) is 0 Å². The lowest BCUT2D eigenvalue weighted by Gasteiger charge is -2.20. The summed E-state index contributed by atoms with van der Waals surface area (Å²) in [5.74, 6) is 0. The van der Waals surface area contributed by atoms with Gasteiger partial charge in [-0.1, -0.05) is 0 Å². The van der Waals surface area contributed by atoms with Crippen molar-refractivity contribution in [1.82, 2.24) is 4.90 Å². The van der Waals surface area contributed by atoms with E-state index in [1.807, 2.05) is 0 Å². The molecule has 13 heavy (non-hydrogen) atoms. The molecule has 0 fully saturated rings. The molecule has 3 N–H and O–H groups in total. The molecule has 0 heterocycles. The first-order chi connectivity index (χ1) is 6.35. The Kier molecular flexibility index (Phi) is 9.80. The van der Waals surface area contributed by atoms with Crippen LogP contribution in [0.3, 0.4) is 0 Å². The molecule has 4 nitrogen and oxygen atoms in total. The topological polar surface area (TPSA) is 58.7 Å².